The van der Waals surface area contributed by atoms with Crippen molar-refractivity contribution in [3.05, 3.63) is 145 Å². The van der Waals surface area contributed by atoms with Gasteiger partial charge < -0.3 is 0 Å². The van der Waals surface area contributed by atoms with Crippen LogP contribution in [0.15, 0.2) is 133 Å². The molecule has 0 fully saturated rings. The Kier molecular flexibility index (Phi) is 5.41. The van der Waals surface area contributed by atoms with E-state index in [-0.39, 0.29) is 5.78 Å². The highest BCUT2D eigenvalue weighted by Crippen LogP contribution is 2.41. The molecule has 40 heavy (non-hydrogen) atoms. The van der Waals surface area contributed by atoms with E-state index < -0.39 is 0 Å². The molecule has 8 rings (SSSR count). The van der Waals surface area contributed by atoms with Crippen LogP contribution in [0.3, 0.4) is 0 Å². The Morgan fingerprint density at radius 1 is 0.425 bits per heavy atom. The first-order chi connectivity index (χ1) is 19.7. The second-order valence-electron chi connectivity index (χ2n) is 10.1. The fraction of sp³-hybridized carbons (Fsp3) is 0. The molecule has 1 nitrogen and oxygen atoms in total. The topological polar surface area (TPSA) is 17.1 Å². The van der Waals surface area contributed by atoms with Gasteiger partial charge in [0, 0.05) is 51.5 Å². The van der Waals surface area contributed by atoms with Crippen molar-refractivity contribution in [2.75, 3.05) is 0 Å². The summed E-state index contributed by atoms with van der Waals surface area (Å²) in [6.07, 6.45) is 0. The molecule has 0 amide bonds. The first kappa shape index (κ1) is 23.3. The van der Waals surface area contributed by atoms with Gasteiger partial charge in [-0.25, -0.2) is 0 Å². The molecule has 0 N–H and O–H groups in total. The third kappa shape index (κ3) is 3.70. The van der Waals surface area contributed by atoms with Crippen molar-refractivity contribution in [2.24, 2.45) is 0 Å². The summed E-state index contributed by atoms with van der Waals surface area (Å²) in [4.78, 5) is 13.8. The van der Waals surface area contributed by atoms with Gasteiger partial charge in [0.25, 0.3) is 0 Å². The maximum atomic E-state index is 13.8. The number of fused-ring (bicyclic) bond motifs is 6. The minimum absolute atomic E-state index is 0.0377. The third-order valence-electron chi connectivity index (χ3n) is 7.68. The second kappa shape index (κ2) is 9.27. The molecular weight excluding hydrogens is 525 g/mol. The van der Waals surface area contributed by atoms with Gasteiger partial charge in [-0.15, -0.1) is 22.7 Å². The first-order valence-electron chi connectivity index (χ1n) is 13.3. The van der Waals surface area contributed by atoms with Gasteiger partial charge in [0.2, 0.25) is 0 Å². The zero-order valence-electron chi connectivity index (χ0n) is 21.4. The molecule has 8 aromatic rings. The van der Waals surface area contributed by atoms with Gasteiger partial charge in [-0.2, -0.15) is 0 Å². The van der Waals surface area contributed by atoms with Crippen LogP contribution in [0.25, 0.3) is 62.6 Å². The van der Waals surface area contributed by atoms with Crippen molar-refractivity contribution < 1.29 is 4.79 Å². The monoisotopic (exact) mass is 546 g/mol. The van der Waals surface area contributed by atoms with Gasteiger partial charge in [-0.05, 0) is 46.5 Å². The van der Waals surface area contributed by atoms with E-state index >= 15 is 0 Å². The van der Waals surface area contributed by atoms with E-state index in [9.17, 15) is 4.79 Å². The molecule has 0 aliphatic rings. The Morgan fingerprint density at radius 2 is 0.850 bits per heavy atom. The summed E-state index contributed by atoms with van der Waals surface area (Å²) in [5.74, 6) is 0.0377. The molecule has 0 saturated heterocycles. The molecule has 0 atom stereocenters. The number of carbonyl (C=O) groups is 1. The summed E-state index contributed by atoms with van der Waals surface area (Å²) in [6, 6.07) is 46.2. The van der Waals surface area contributed by atoms with Crippen molar-refractivity contribution in [3.63, 3.8) is 0 Å². The molecule has 0 aliphatic carbocycles. The van der Waals surface area contributed by atoms with E-state index in [1.807, 2.05) is 59.1 Å². The van der Waals surface area contributed by atoms with Crippen LogP contribution in [0.4, 0.5) is 0 Å². The molecule has 2 heterocycles. The molecule has 0 unspecified atom stereocenters. The summed E-state index contributed by atoms with van der Waals surface area (Å²) >= 11 is 3.62. The lowest BCUT2D eigenvalue weighted by Gasteiger charge is -2.09. The molecule has 6 aromatic carbocycles. The normalized spacial score (nSPS) is 11.6. The molecule has 0 saturated carbocycles. The summed E-state index contributed by atoms with van der Waals surface area (Å²) < 4.78 is 5.07. The summed E-state index contributed by atoms with van der Waals surface area (Å²) in [5, 5.41) is 5.08. The Balaban J connectivity index is 1.20. The molecule has 0 bridgehead atoms. The highest BCUT2D eigenvalue weighted by Gasteiger charge is 2.15. The summed E-state index contributed by atoms with van der Waals surface area (Å²) in [6.45, 7) is 0. The number of hydrogen-bond acceptors (Lipinski definition) is 3. The highest BCUT2D eigenvalue weighted by molar-refractivity contribution is 7.26. The first-order valence-corrected chi connectivity index (χ1v) is 14.9. The molecule has 0 radical (unpaired) electrons. The lowest BCUT2D eigenvalue weighted by molar-refractivity contribution is 0.103. The standard InChI is InChI=1S/C37H22OS2/c38-35(25-11-5-9-23(21-25)27-15-7-17-31-29-13-1-3-19-33(29)39-36(27)31)26-12-6-10-24(22-26)28-16-8-18-32-30-14-2-4-20-34(30)40-37(28)32/h1-22H. The van der Waals surface area contributed by atoms with Gasteiger partial charge in [-0.3, -0.25) is 4.79 Å². The van der Waals surface area contributed by atoms with Gasteiger partial charge >= 0.3 is 0 Å². The van der Waals surface area contributed by atoms with Crippen LogP contribution in [0.1, 0.15) is 15.9 Å². The molecule has 0 aliphatic heterocycles. The number of thiophene rings is 2. The minimum atomic E-state index is 0.0377. The molecular formula is C37H22OS2. The maximum absolute atomic E-state index is 13.8. The van der Waals surface area contributed by atoms with Crippen molar-refractivity contribution >= 4 is 68.8 Å². The predicted molar refractivity (Wildman–Crippen MR) is 173 cm³/mol. The lowest BCUT2D eigenvalue weighted by atomic mass is 9.95. The fourth-order valence-electron chi connectivity index (χ4n) is 5.77. The number of rotatable bonds is 4. The van der Waals surface area contributed by atoms with Crippen molar-refractivity contribution in [3.8, 4) is 22.3 Å². The van der Waals surface area contributed by atoms with Crippen LogP contribution in [0.2, 0.25) is 0 Å². The van der Waals surface area contributed by atoms with Crippen LogP contribution in [0, 0.1) is 0 Å². The summed E-state index contributed by atoms with van der Waals surface area (Å²) in [7, 11) is 0. The van der Waals surface area contributed by atoms with E-state index in [1.54, 1.807) is 0 Å². The van der Waals surface area contributed by atoms with E-state index in [1.165, 1.54) is 51.5 Å². The zero-order chi connectivity index (χ0) is 26.6. The number of ketones is 1. The second-order valence-corrected chi connectivity index (χ2v) is 12.2. The van der Waals surface area contributed by atoms with Gasteiger partial charge in [-0.1, -0.05) is 109 Å². The average molecular weight is 547 g/mol. The predicted octanol–water partition coefficient (Wildman–Crippen LogP) is 11.0. The molecule has 188 valence electrons. The third-order valence-corrected chi connectivity index (χ3v) is 10.1. The van der Waals surface area contributed by atoms with Crippen molar-refractivity contribution in [1.29, 1.82) is 0 Å². The van der Waals surface area contributed by atoms with Gasteiger partial charge in [0.05, 0.1) is 0 Å². The quantitative estimate of drug-likeness (QED) is 0.201. The van der Waals surface area contributed by atoms with E-state index in [2.05, 4.69) is 97.1 Å². The molecule has 3 heteroatoms. The van der Waals surface area contributed by atoms with Crippen LogP contribution in [-0.2, 0) is 0 Å². The van der Waals surface area contributed by atoms with Crippen LogP contribution >= 0.6 is 22.7 Å². The fourth-order valence-corrected chi connectivity index (χ4v) is 8.25. The maximum Gasteiger partial charge on any atom is 0.193 e. The van der Waals surface area contributed by atoms with Crippen molar-refractivity contribution in [1.82, 2.24) is 0 Å². The Labute approximate surface area is 239 Å². The van der Waals surface area contributed by atoms with Crippen LogP contribution in [0.5, 0.6) is 0 Å². The minimum Gasteiger partial charge on any atom is -0.289 e. The van der Waals surface area contributed by atoms with Gasteiger partial charge in [0.1, 0.15) is 0 Å². The van der Waals surface area contributed by atoms with Crippen molar-refractivity contribution in [2.45, 2.75) is 0 Å². The number of hydrogen-bond donors (Lipinski definition) is 0. The Morgan fingerprint density at radius 3 is 1.35 bits per heavy atom. The Hall–Kier alpha value is -4.57. The summed E-state index contributed by atoms with van der Waals surface area (Å²) in [5.41, 5.74) is 5.86. The zero-order valence-corrected chi connectivity index (χ0v) is 23.1. The largest absolute Gasteiger partial charge is 0.289 e. The lowest BCUT2D eigenvalue weighted by Crippen LogP contribution is -2.01. The van der Waals surface area contributed by atoms with E-state index in [0.717, 1.165) is 11.1 Å². The average Bonchev–Trinajstić information content (AvgIpc) is 3.59. The Bertz CT molecular complexity index is 2090. The van der Waals surface area contributed by atoms with E-state index in [4.69, 9.17) is 0 Å². The molecule has 0 spiro atoms. The van der Waals surface area contributed by atoms with Crippen LogP contribution < -0.4 is 0 Å². The van der Waals surface area contributed by atoms with Gasteiger partial charge in [0.15, 0.2) is 5.78 Å². The SMILES string of the molecule is O=C(c1cccc(-c2cccc3c2sc2ccccc23)c1)c1cccc(-c2cccc3c2sc2ccccc23)c1. The van der Waals surface area contributed by atoms with E-state index in [0.29, 0.717) is 11.1 Å². The number of benzene rings is 6. The molecule has 2 aromatic heterocycles. The highest BCUT2D eigenvalue weighted by atomic mass is 32.1. The smallest absolute Gasteiger partial charge is 0.193 e. The number of carbonyl (C=O) groups excluding carboxylic acids is 1. The van der Waals surface area contributed by atoms with Crippen LogP contribution in [-0.4, -0.2) is 5.78 Å².